The van der Waals surface area contributed by atoms with Crippen LogP contribution in [0, 0.1) is 17.8 Å². The molecule has 4 heteroatoms. The molecule has 0 aliphatic carbocycles. The third-order valence-corrected chi connectivity index (χ3v) is 5.27. The Kier molecular flexibility index (Phi) is 5.90. The van der Waals surface area contributed by atoms with Crippen LogP contribution in [0.5, 0.6) is 0 Å². The second kappa shape index (κ2) is 8.13. The molecule has 3 atom stereocenters. The van der Waals surface area contributed by atoms with E-state index < -0.39 is 0 Å². The summed E-state index contributed by atoms with van der Waals surface area (Å²) in [6, 6.07) is 8.73. The zero-order valence-electron chi connectivity index (χ0n) is 15.1. The van der Waals surface area contributed by atoms with Gasteiger partial charge in [0.15, 0.2) is 0 Å². The van der Waals surface area contributed by atoms with E-state index in [4.69, 9.17) is 0 Å². The molecular weight excluding hydrogens is 298 g/mol. The van der Waals surface area contributed by atoms with Gasteiger partial charge in [-0.3, -0.25) is 9.69 Å². The van der Waals surface area contributed by atoms with E-state index in [0.717, 1.165) is 37.9 Å². The molecular formula is C20H31N3O. The van der Waals surface area contributed by atoms with E-state index >= 15 is 0 Å². The van der Waals surface area contributed by atoms with Crippen molar-refractivity contribution >= 4 is 5.91 Å². The molecule has 3 unspecified atom stereocenters. The Balaban J connectivity index is 1.47. The van der Waals surface area contributed by atoms with Crippen molar-refractivity contribution < 1.29 is 4.79 Å². The number of hydrogen-bond acceptors (Lipinski definition) is 3. The SMILES string of the molecule is CC1CC(C)CN(Cc2ccc(CNC(=O)C3CCNC3)cc2)C1. The molecule has 0 saturated carbocycles. The van der Waals surface area contributed by atoms with E-state index in [1.165, 1.54) is 30.6 Å². The fraction of sp³-hybridized carbons (Fsp3) is 0.650. The predicted octanol–water partition coefficient (Wildman–Crippen LogP) is 2.39. The van der Waals surface area contributed by atoms with Gasteiger partial charge in [0.05, 0.1) is 5.92 Å². The maximum Gasteiger partial charge on any atom is 0.224 e. The van der Waals surface area contributed by atoms with Crippen molar-refractivity contribution in [3.63, 3.8) is 0 Å². The van der Waals surface area contributed by atoms with Crippen molar-refractivity contribution in [3.8, 4) is 0 Å². The Labute approximate surface area is 146 Å². The molecule has 2 aliphatic heterocycles. The Morgan fingerprint density at radius 1 is 1.17 bits per heavy atom. The summed E-state index contributed by atoms with van der Waals surface area (Å²) in [4.78, 5) is 14.6. The molecule has 0 aromatic heterocycles. The molecule has 0 spiro atoms. The number of amides is 1. The van der Waals surface area contributed by atoms with Crippen LogP contribution in [0.15, 0.2) is 24.3 Å². The Morgan fingerprint density at radius 3 is 2.46 bits per heavy atom. The van der Waals surface area contributed by atoms with Crippen LogP contribution in [0.3, 0.4) is 0 Å². The van der Waals surface area contributed by atoms with Gasteiger partial charge in [-0.25, -0.2) is 0 Å². The molecule has 2 N–H and O–H groups in total. The van der Waals surface area contributed by atoms with E-state index in [1.807, 2.05) is 0 Å². The van der Waals surface area contributed by atoms with E-state index in [0.29, 0.717) is 6.54 Å². The topological polar surface area (TPSA) is 44.4 Å². The van der Waals surface area contributed by atoms with Crippen molar-refractivity contribution in [2.75, 3.05) is 26.2 Å². The highest BCUT2D eigenvalue weighted by atomic mass is 16.1. The third kappa shape index (κ3) is 4.81. The fourth-order valence-corrected chi connectivity index (χ4v) is 4.15. The maximum absolute atomic E-state index is 12.1. The summed E-state index contributed by atoms with van der Waals surface area (Å²) in [5.74, 6) is 1.93. The lowest BCUT2D eigenvalue weighted by molar-refractivity contribution is -0.124. The number of likely N-dealkylation sites (tertiary alicyclic amines) is 1. The van der Waals surface area contributed by atoms with Gasteiger partial charge in [-0.1, -0.05) is 38.1 Å². The molecule has 2 heterocycles. The minimum absolute atomic E-state index is 0.146. The summed E-state index contributed by atoms with van der Waals surface area (Å²) in [6.07, 6.45) is 2.31. The van der Waals surface area contributed by atoms with E-state index in [2.05, 4.69) is 53.6 Å². The first-order chi connectivity index (χ1) is 11.6. The highest BCUT2D eigenvalue weighted by Gasteiger charge is 2.22. The molecule has 3 rings (SSSR count). The van der Waals surface area contributed by atoms with Crippen LogP contribution in [0.25, 0.3) is 0 Å². The van der Waals surface area contributed by atoms with Gasteiger partial charge in [0.25, 0.3) is 0 Å². The molecule has 0 bridgehead atoms. The number of benzene rings is 1. The molecule has 2 aliphatic rings. The molecule has 4 nitrogen and oxygen atoms in total. The van der Waals surface area contributed by atoms with Crippen molar-refractivity contribution in [1.29, 1.82) is 0 Å². The summed E-state index contributed by atoms with van der Waals surface area (Å²) in [6.45, 7) is 10.6. The second-order valence-corrected chi connectivity index (χ2v) is 7.86. The zero-order chi connectivity index (χ0) is 16.9. The average molecular weight is 329 g/mol. The largest absolute Gasteiger partial charge is 0.352 e. The van der Waals surface area contributed by atoms with E-state index in [9.17, 15) is 4.79 Å². The standard InChI is InChI=1S/C20H31N3O/c1-15-9-16(2)13-23(12-15)14-18-5-3-17(4-6-18)10-22-20(24)19-7-8-21-11-19/h3-6,15-16,19,21H,7-14H2,1-2H3,(H,22,24). The van der Waals surface area contributed by atoms with Crippen LogP contribution < -0.4 is 10.6 Å². The van der Waals surface area contributed by atoms with Gasteiger partial charge in [-0.2, -0.15) is 0 Å². The monoisotopic (exact) mass is 329 g/mol. The minimum Gasteiger partial charge on any atom is -0.352 e. The van der Waals surface area contributed by atoms with Crippen LogP contribution in [-0.2, 0) is 17.9 Å². The maximum atomic E-state index is 12.1. The number of nitrogens with zero attached hydrogens (tertiary/aromatic N) is 1. The summed E-state index contributed by atoms with van der Waals surface area (Å²) in [5, 5.41) is 6.30. The highest BCUT2D eigenvalue weighted by Crippen LogP contribution is 2.22. The molecule has 2 saturated heterocycles. The molecule has 132 valence electrons. The smallest absolute Gasteiger partial charge is 0.224 e. The summed E-state index contributed by atoms with van der Waals surface area (Å²) < 4.78 is 0. The van der Waals surface area contributed by atoms with Crippen LogP contribution in [0.4, 0.5) is 0 Å². The predicted molar refractivity (Wildman–Crippen MR) is 97.5 cm³/mol. The Morgan fingerprint density at radius 2 is 1.83 bits per heavy atom. The summed E-state index contributed by atoms with van der Waals surface area (Å²) in [7, 11) is 0. The first-order valence-corrected chi connectivity index (χ1v) is 9.38. The minimum atomic E-state index is 0.146. The van der Waals surface area contributed by atoms with Crippen LogP contribution in [-0.4, -0.2) is 37.0 Å². The number of carbonyl (C=O) groups excluding carboxylic acids is 1. The third-order valence-electron chi connectivity index (χ3n) is 5.27. The van der Waals surface area contributed by atoms with Crippen LogP contribution in [0.1, 0.15) is 37.8 Å². The highest BCUT2D eigenvalue weighted by molar-refractivity contribution is 5.79. The van der Waals surface area contributed by atoms with Gasteiger partial charge in [0.2, 0.25) is 5.91 Å². The van der Waals surface area contributed by atoms with E-state index in [1.54, 1.807) is 0 Å². The number of hydrogen-bond donors (Lipinski definition) is 2. The van der Waals surface area contributed by atoms with Crippen LogP contribution in [0.2, 0.25) is 0 Å². The van der Waals surface area contributed by atoms with Crippen molar-refractivity contribution in [1.82, 2.24) is 15.5 Å². The zero-order valence-corrected chi connectivity index (χ0v) is 15.1. The molecule has 24 heavy (non-hydrogen) atoms. The van der Waals surface area contributed by atoms with Gasteiger partial charge in [0.1, 0.15) is 0 Å². The lowest BCUT2D eigenvalue weighted by Gasteiger charge is -2.35. The number of nitrogens with one attached hydrogen (secondary N) is 2. The first-order valence-electron chi connectivity index (χ1n) is 9.38. The fourth-order valence-electron chi connectivity index (χ4n) is 4.15. The average Bonchev–Trinajstić information content (AvgIpc) is 3.07. The lowest BCUT2D eigenvalue weighted by Crippen LogP contribution is -2.38. The summed E-state index contributed by atoms with van der Waals surface area (Å²) in [5.41, 5.74) is 2.55. The Hall–Kier alpha value is -1.39. The van der Waals surface area contributed by atoms with Gasteiger partial charge < -0.3 is 10.6 Å². The van der Waals surface area contributed by atoms with Crippen molar-refractivity contribution in [2.45, 2.75) is 39.8 Å². The molecule has 2 fully saturated rings. The van der Waals surface area contributed by atoms with Gasteiger partial charge in [-0.15, -0.1) is 0 Å². The summed E-state index contributed by atoms with van der Waals surface area (Å²) >= 11 is 0. The van der Waals surface area contributed by atoms with Gasteiger partial charge >= 0.3 is 0 Å². The van der Waals surface area contributed by atoms with Crippen molar-refractivity contribution in [2.24, 2.45) is 17.8 Å². The first kappa shape index (κ1) is 17.4. The molecule has 1 aromatic rings. The lowest BCUT2D eigenvalue weighted by atomic mass is 9.91. The number of carbonyl (C=O) groups is 1. The van der Waals surface area contributed by atoms with Gasteiger partial charge in [0, 0.05) is 32.7 Å². The second-order valence-electron chi connectivity index (χ2n) is 7.86. The quantitative estimate of drug-likeness (QED) is 0.872. The number of rotatable bonds is 5. The Bertz CT molecular complexity index is 526. The van der Waals surface area contributed by atoms with E-state index in [-0.39, 0.29) is 11.8 Å². The molecule has 0 radical (unpaired) electrons. The number of piperidine rings is 1. The molecule has 1 amide bonds. The van der Waals surface area contributed by atoms with Crippen molar-refractivity contribution in [3.05, 3.63) is 35.4 Å². The normalized spacial score (nSPS) is 28.0. The van der Waals surface area contributed by atoms with Gasteiger partial charge in [-0.05, 0) is 42.3 Å². The van der Waals surface area contributed by atoms with Crippen LogP contribution >= 0.6 is 0 Å². The molecule has 1 aromatic carbocycles.